The van der Waals surface area contributed by atoms with Gasteiger partial charge in [0.2, 0.25) is 0 Å². The molecule has 0 saturated heterocycles. The summed E-state index contributed by atoms with van der Waals surface area (Å²) in [5.41, 5.74) is 2.51. The minimum Gasteiger partial charge on any atom is -0.494 e. The highest BCUT2D eigenvalue weighted by Crippen LogP contribution is 2.27. The number of benzene rings is 2. The molecule has 0 aliphatic carbocycles. The summed E-state index contributed by atoms with van der Waals surface area (Å²) in [6.07, 6.45) is 4.66. The van der Waals surface area contributed by atoms with Crippen molar-refractivity contribution in [1.29, 1.82) is 0 Å². The maximum absolute atomic E-state index is 5.84. The molecule has 3 rings (SSSR count). The van der Waals surface area contributed by atoms with Crippen molar-refractivity contribution < 1.29 is 4.74 Å². The zero-order valence-corrected chi connectivity index (χ0v) is 12.4. The fraction of sp³-hybridized carbons (Fsp3) is 0.150. The predicted molar refractivity (Wildman–Crippen MR) is 87.9 cm³/mol. The van der Waals surface area contributed by atoms with Crippen LogP contribution in [0.2, 0.25) is 0 Å². The van der Waals surface area contributed by atoms with Gasteiger partial charge in [0.05, 0.1) is 6.61 Å². The van der Waals surface area contributed by atoms with E-state index in [1.54, 1.807) is 0 Å². The van der Waals surface area contributed by atoms with Gasteiger partial charge in [-0.3, -0.25) is 4.98 Å². The lowest BCUT2D eigenvalue weighted by Gasteiger charge is -2.18. The minimum atomic E-state index is 0.296. The van der Waals surface area contributed by atoms with E-state index >= 15 is 0 Å². The summed E-state index contributed by atoms with van der Waals surface area (Å²) in [6.45, 7) is 0.665. The summed E-state index contributed by atoms with van der Waals surface area (Å²) in [5.74, 6) is 1.18. The van der Waals surface area contributed by atoms with E-state index in [0.717, 1.165) is 12.2 Å². The second-order valence-corrected chi connectivity index (χ2v) is 5.12. The number of hydrogen-bond donors (Lipinski definition) is 0. The largest absolute Gasteiger partial charge is 0.494 e. The van der Waals surface area contributed by atoms with Gasteiger partial charge in [-0.2, -0.15) is 0 Å². The summed E-state index contributed by atoms with van der Waals surface area (Å²) in [5, 5.41) is 0. The van der Waals surface area contributed by atoms with Gasteiger partial charge < -0.3 is 4.74 Å². The van der Waals surface area contributed by atoms with Crippen molar-refractivity contribution in [2.45, 2.75) is 12.3 Å². The summed E-state index contributed by atoms with van der Waals surface area (Å²) in [7, 11) is 0. The normalized spacial score (nSPS) is 11.8. The van der Waals surface area contributed by atoms with Crippen LogP contribution in [0.3, 0.4) is 0 Å². The fourth-order valence-corrected chi connectivity index (χ4v) is 2.56. The topological polar surface area (TPSA) is 22.1 Å². The molecule has 0 N–H and O–H groups in total. The molecular formula is C20H18NO. The van der Waals surface area contributed by atoms with E-state index in [0.29, 0.717) is 12.5 Å². The fourth-order valence-electron chi connectivity index (χ4n) is 2.56. The summed E-state index contributed by atoms with van der Waals surface area (Å²) < 4.78 is 5.84. The van der Waals surface area contributed by atoms with Crippen molar-refractivity contribution in [3.05, 3.63) is 96.3 Å². The lowest BCUT2D eigenvalue weighted by Crippen LogP contribution is -2.07. The minimum absolute atomic E-state index is 0.296. The molecule has 2 heteroatoms. The molecular weight excluding hydrogens is 270 g/mol. The second kappa shape index (κ2) is 7.41. The van der Waals surface area contributed by atoms with Crippen LogP contribution in [0.25, 0.3) is 0 Å². The Balaban J connectivity index is 1.72. The third-order valence-corrected chi connectivity index (χ3v) is 3.65. The summed E-state index contributed by atoms with van der Waals surface area (Å²) in [6, 6.07) is 25.2. The Bertz CT molecular complexity index is 628. The highest BCUT2D eigenvalue weighted by atomic mass is 16.5. The van der Waals surface area contributed by atoms with Gasteiger partial charge in [-0.25, -0.2) is 0 Å². The van der Waals surface area contributed by atoms with Gasteiger partial charge in [0.15, 0.2) is 0 Å². The molecule has 0 fully saturated rings. The Morgan fingerprint density at radius 2 is 1.68 bits per heavy atom. The monoisotopic (exact) mass is 288 g/mol. The van der Waals surface area contributed by atoms with Gasteiger partial charge in [0.25, 0.3) is 0 Å². The SMILES string of the molecule is [c]1ccc(OCCC(c2ccccc2)c2cccnc2)cc1. The van der Waals surface area contributed by atoms with E-state index in [1.807, 2.05) is 48.8 Å². The second-order valence-electron chi connectivity index (χ2n) is 5.12. The van der Waals surface area contributed by atoms with Gasteiger partial charge in [0.1, 0.15) is 5.75 Å². The van der Waals surface area contributed by atoms with Crippen LogP contribution in [0.4, 0.5) is 0 Å². The third kappa shape index (κ3) is 3.73. The Morgan fingerprint density at radius 3 is 2.41 bits per heavy atom. The predicted octanol–water partition coefficient (Wildman–Crippen LogP) is 4.48. The van der Waals surface area contributed by atoms with Crippen LogP contribution in [0.1, 0.15) is 23.5 Å². The van der Waals surface area contributed by atoms with Crippen LogP contribution < -0.4 is 4.74 Å². The van der Waals surface area contributed by atoms with Crippen molar-refractivity contribution in [3.63, 3.8) is 0 Å². The van der Waals surface area contributed by atoms with Crippen molar-refractivity contribution in [2.24, 2.45) is 0 Å². The maximum atomic E-state index is 5.84. The van der Waals surface area contributed by atoms with E-state index < -0.39 is 0 Å². The van der Waals surface area contributed by atoms with Crippen molar-refractivity contribution in [3.8, 4) is 5.75 Å². The molecule has 0 amide bonds. The first-order valence-electron chi connectivity index (χ1n) is 7.47. The first-order chi connectivity index (χ1) is 10.9. The number of pyridine rings is 1. The van der Waals surface area contributed by atoms with Crippen molar-refractivity contribution in [2.75, 3.05) is 6.61 Å². The number of rotatable bonds is 6. The molecule has 1 aromatic heterocycles. The molecule has 109 valence electrons. The molecule has 3 aromatic rings. The van der Waals surface area contributed by atoms with Gasteiger partial charge in [0, 0.05) is 18.3 Å². The third-order valence-electron chi connectivity index (χ3n) is 3.65. The molecule has 22 heavy (non-hydrogen) atoms. The standard InChI is InChI=1S/C20H18NO/c1-3-8-17(9-4-1)20(18-10-7-14-21-16-18)13-15-22-19-11-5-2-6-12-19/h1,3-12,14,16,20H,13,15H2. The molecule has 0 bridgehead atoms. The van der Waals surface area contributed by atoms with Crippen molar-refractivity contribution >= 4 is 0 Å². The molecule has 2 aromatic carbocycles. The molecule has 1 unspecified atom stereocenters. The van der Waals surface area contributed by atoms with E-state index in [4.69, 9.17) is 4.74 Å². The first kappa shape index (κ1) is 14.3. The molecule has 0 aliphatic heterocycles. The van der Waals surface area contributed by atoms with Crippen LogP contribution in [0.15, 0.2) is 79.1 Å². The number of nitrogens with zero attached hydrogens (tertiary/aromatic N) is 1. The Labute approximate surface area is 131 Å². The molecule has 1 atom stereocenters. The van der Waals surface area contributed by atoms with Gasteiger partial charge in [-0.15, -0.1) is 0 Å². The maximum Gasteiger partial charge on any atom is 0.119 e. The molecule has 0 saturated carbocycles. The zero-order chi connectivity index (χ0) is 15.0. The lowest BCUT2D eigenvalue weighted by atomic mass is 9.90. The van der Waals surface area contributed by atoms with Gasteiger partial charge >= 0.3 is 0 Å². The zero-order valence-electron chi connectivity index (χ0n) is 12.4. The number of ether oxygens (including phenoxy) is 1. The molecule has 0 spiro atoms. The van der Waals surface area contributed by atoms with Gasteiger partial charge in [-0.05, 0) is 41.8 Å². The average molecular weight is 288 g/mol. The van der Waals surface area contributed by atoms with Crippen LogP contribution >= 0.6 is 0 Å². The van der Waals surface area contributed by atoms with E-state index in [1.165, 1.54) is 11.1 Å². The van der Waals surface area contributed by atoms with Crippen LogP contribution in [0.5, 0.6) is 5.75 Å². The lowest BCUT2D eigenvalue weighted by molar-refractivity contribution is 0.304. The molecule has 1 heterocycles. The van der Waals surface area contributed by atoms with E-state index in [9.17, 15) is 0 Å². The highest BCUT2D eigenvalue weighted by molar-refractivity contribution is 5.30. The summed E-state index contributed by atoms with van der Waals surface area (Å²) in [4.78, 5) is 4.25. The Kier molecular flexibility index (Phi) is 4.83. The van der Waals surface area contributed by atoms with Crippen LogP contribution in [0, 0.1) is 6.07 Å². The smallest absolute Gasteiger partial charge is 0.119 e. The van der Waals surface area contributed by atoms with Crippen LogP contribution in [-0.4, -0.2) is 11.6 Å². The quantitative estimate of drug-likeness (QED) is 0.667. The first-order valence-corrected chi connectivity index (χ1v) is 7.47. The highest BCUT2D eigenvalue weighted by Gasteiger charge is 2.14. The molecule has 0 aliphatic rings. The average Bonchev–Trinajstić information content (AvgIpc) is 2.61. The number of aromatic nitrogens is 1. The Hall–Kier alpha value is -2.61. The van der Waals surface area contributed by atoms with Crippen LogP contribution in [-0.2, 0) is 0 Å². The van der Waals surface area contributed by atoms with Crippen molar-refractivity contribution in [1.82, 2.24) is 4.98 Å². The Morgan fingerprint density at radius 1 is 0.909 bits per heavy atom. The molecule has 1 radical (unpaired) electrons. The van der Waals surface area contributed by atoms with E-state index in [-0.39, 0.29) is 0 Å². The summed E-state index contributed by atoms with van der Waals surface area (Å²) >= 11 is 0. The molecule has 2 nitrogen and oxygen atoms in total. The van der Waals surface area contributed by atoms with E-state index in [2.05, 4.69) is 41.4 Å². The number of hydrogen-bond acceptors (Lipinski definition) is 2. The van der Waals surface area contributed by atoms with Gasteiger partial charge in [-0.1, -0.05) is 48.5 Å².